The van der Waals surface area contributed by atoms with Gasteiger partial charge >= 0.3 is 0 Å². The number of carbonyl (C=O) groups is 1. The predicted octanol–water partition coefficient (Wildman–Crippen LogP) is 5.13. The number of amides is 1. The molecular weight excluding hydrogens is 517 g/mol. The number of rotatable bonds is 6. The highest BCUT2D eigenvalue weighted by molar-refractivity contribution is 7.13. The molecule has 0 unspecified atom stereocenters. The summed E-state index contributed by atoms with van der Waals surface area (Å²) in [5, 5.41) is 11.3. The maximum absolute atomic E-state index is 14.9. The van der Waals surface area contributed by atoms with Crippen molar-refractivity contribution in [3.05, 3.63) is 70.8 Å². The fourth-order valence-electron chi connectivity index (χ4n) is 4.90. The van der Waals surface area contributed by atoms with E-state index in [-0.39, 0.29) is 22.0 Å². The lowest BCUT2D eigenvalue weighted by atomic mass is 9.90. The SMILES string of the molecule is O=C(N[C@H]1CCC[C@@H](n2c(-c3ccccc3F)nc3cnc(-n4nccn4)cc32)C1)c1ncc(C(F)F)s1. The minimum Gasteiger partial charge on any atom is -0.347 e. The van der Waals surface area contributed by atoms with E-state index in [4.69, 9.17) is 4.98 Å². The number of thiazole rings is 1. The molecule has 1 aromatic carbocycles. The molecule has 1 aliphatic rings. The molecule has 1 aliphatic carbocycles. The molecule has 0 radical (unpaired) electrons. The van der Waals surface area contributed by atoms with Gasteiger partial charge in [0.1, 0.15) is 17.2 Å². The lowest BCUT2D eigenvalue weighted by molar-refractivity contribution is 0.0920. The quantitative estimate of drug-likeness (QED) is 0.322. The van der Waals surface area contributed by atoms with Gasteiger partial charge in [0.25, 0.3) is 12.3 Å². The second-order valence-corrected chi connectivity index (χ2v) is 10.1. The number of pyridine rings is 1. The fraction of sp³-hybridized carbons (Fsp3) is 0.280. The first-order chi connectivity index (χ1) is 18.5. The summed E-state index contributed by atoms with van der Waals surface area (Å²) in [5.74, 6) is 0.0748. The number of benzene rings is 1. The number of fused-ring (bicyclic) bond motifs is 1. The summed E-state index contributed by atoms with van der Waals surface area (Å²) in [6, 6.07) is 7.92. The normalized spacial score (nSPS) is 17.8. The topological polar surface area (TPSA) is 103 Å². The number of carbonyl (C=O) groups excluding carboxylic acids is 1. The molecule has 6 rings (SSSR count). The number of hydrogen-bond donors (Lipinski definition) is 1. The first-order valence-corrected chi connectivity index (χ1v) is 12.8. The summed E-state index contributed by atoms with van der Waals surface area (Å²) in [5.41, 5.74) is 1.69. The van der Waals surface area contributed by atoms with E-state index in [1.54, 1.807) is 36.8 Å². The summed E-state index contributed by atoms with van der Waals surface area (Å²) < 4.78 is 42.8. The van der Waals surface area contributed by atoms with Crippen LogP contribution >= 0.6 is 11.3 Å². The molecule has 9 nitrogen and oxygen atoms in total. The van der Waals surface area contributed by atoms with Gasteiger partial charge in [0.2, 0.25) is 0 Å². The van der Waals surface area contributed by atoms with Crippen LogP contribution in [0.2, 0.25) is 0 Å². The Balaban J connectivity index is 1.36. The summed E-state index contributed by atoms with van der Waals surface area (Å²) in [6.45, 7) is 0. The maximum Gasteiger partial charge on any atom is 0.280 e. The molecule has 1 saturated carbocycles. The largest absolute Gasteiger partial charge is 0.347 e. The van der Waals surface area contributed by atoms with Crippen LogP contribution in [-0.2, 0) is 0 Å². The molecule has 2 atom stereocenters. The first-order valence-electron chi connectivity index (χ1n) is 12.0. The first kappa shape index (κ1) is 24.2. The smallest absolute Gasteiger partial charge is 0.280 e. The summed E-state index contributed by atoms with van der Waals surface area (Å²) in [4.78, 5) is 26.9. The molecule has 38 heavy (non-hydrogen) atoms. The highest BCUT2D eigenvalue weighted by Gasteiger charge is 2.30. The van der Waals surface area contributed by atoms with Gasteiger partial charge < -0.3 is 9.88 Å². The number of nitrogens with zero attached hydrogens (tertiary/aromatic N) is 7. The monoisotopic (exact) mass is 538 g/mol. The number of hydrogen-bond acceptors (Lipinski definition) is 7. The molecular formula is C25H21F3N8OS. The molecule has 13 heteroatoms. The van der Waals surface area contributed by atoms with Crippen LogP contribution in [-0.4, -0.2) is 46.5 Å². The lowest BCUT2D eigenvalue weighted by Gasteiger charge is -2.32. The van der Waals surface area contributed by atoms with E-state index in [9.17, 15) is 18.0 Å². The minimum absolute atomic E-state index is 0.00462. The van der Waals surface area contributed by atoms with Crippen molar-refractivity contribution in [2.75, 3.05) is 0 Å². The number of nitrogens with one attached hydrogen (secondary N) is 1. The highest BCUT2D eigenvalue weighted by atomic mass is 32.1. The Kier molecular flexibility index (Phi) is 6.35. The summed E-state index contributed by atoms with van der Waals surface area (Å²) in [6.07, 6.45) is 5.92. The Morgan fingerprint density at radius 1 is 1.11 bits per heavy atom. The van der Waals surface area contributed by atoms with Crippen LogP contribution in [0.3, 0.4) is 0 Å². The van der Waals surface area contributed by atoms with E-state index in [1.807, 2.05) is 10.6 Å². The van der Waals surface area contributed by atoms with Gasteiger partial charge in [-0.3, -0.25) is 4.79 Å². The van der Waals surface area contributed by atoms with Crippen molar-refractivity contribution in [1.29, 1.82) is 0 Å². The molecule has 0 bridgehead atoms. The molecule has 1 fully saturated rings. The lowest BCUT2D eigenvalue weighted by Crippen LogP contribution is -2.39. The van der Waals surface area contributed by atoms with E-state index < -0.39 is 18.1 Å². The molecule has 0 aliphatic heterocycles. The van der Waals surface area contributed by atoms with Crippen molar-refractivity contribution in [3.8, 4) is 17.2 Å². The number of alkyl halides is 2. The van der Waals surface area contributed by atoms with E-state index in [0.717, 1.165) is 31.0 Å². The molecule has 4 heterocycles. The van der Waals surface area contributed by atoms with Crippen LogP contribution in [0.4, 0.5) is 13.2 Å². The zero-order valence-electron chi connectivity index (χ0n) is 19.8. The van der Waals surface area contributed by atoms with E-state index in [0.29, 0.717) is 40.5 Å². The van der Waals surface area contributed by atoms with E-state index in [1.165, 1.54) is 10.9 Å². The van der Waals surface area contributed by atoms with Crippen LogP contribution in [0.15, 0.2) is 55.1 Å². The van der Waals surface area contributed by atoms with Gasteiger partial charge in [-0.25, -0.2) is 28.1 Å². The Labute approximate surface area is 218 Å². The average Bonchev–Trinajstić information content (AvgIpc) is 3.69. The third-order valence-electron chi connectivity index (χ3n) is 6.58. The molecule has 4 aromatic heterocycles. The summed E-state index contributed by atoms with van der Waals surface area (Å²) >= 11 is 0.689. The van der Waals surface area contributed by atoms with Gasteiger partial charge in [0.05, 0.1) is 34.5 Å². The standard InChI is InChI=1S/C25H21F3N8OS/c26-17-7-2-1-6-16(17)23-34-18-12-29-21(36-31-8-9-32-36)11-19(18)35(23)15-5-3-4-14(10-15)33-24(37)25-30-13-20(38-25)22(27)28/h1-2,6-9,11-15,22H,3-5,10H2,(H,33,37)/t14-,15+/m0/s1. The molecule has 5 aromatic rings. The maximum atomic E-state index is 14.9. The van der Waals surface area contributed by atoms with Gasteiger partial charge in [-0.2, -0.15) is 10.2 Å². The number of halogens is 3. The third kappa shape index (κ3) is 4.53. The Morgan fingerprint density at radius 2 is 1.92 bits per heavy atom. The molecule has 1 N–H and O–H groups in total. The minimum atomic E-state index is -2.67. The van der Waals surface area contributed by atoms with E-state index in [2.05, 4.69) is 25.5 Å². The van der Waals surface area contributed by atoms with Gasteiger partial charge in [0.15, 0.2) is 10.8 Å². The van der Waals surface area contributed by atoms with Crippen molar-refractivity contribution in [1.82, 2.24) is 39.8 Å². The fourth-order valence-corrected chi connectivity index (χ4v) is 5.58. The Bertz CT molecular complexity index is 1600. The van der Waals surface area contributed by atoms with Crippen LogP contribution < -0.4 is 5.32 Å². The van der Waals surface area contributed by atoms with E-state index >= 15 is 0 Å². The van der Waals surface area contributed by atoms with Crippen molar-refractivity contribution < 1.29 is 18.0 Å². The van der Waals surface area contributed by atoms with Crippen molar-refractivity contribution >= 4 is 28.3 Å². The van der Waals surface area contributed by atoms with Crippen LogP contribution in [0.1, 0.15) is 52.8 Å². The molecule has 0 spiro atoms. The Morgan fingerprint density at radius 3 is 2.68 bits per heavy atom. The predicted molar refractivity (Wildman–Crippen MR) is 134 cm³/mol. The van der Waals surface area contributed by atoms with Crippen LogP contribution in [0.5, 0.6) is 0 Å². The van der Waals surface area contributed by atoms with Gasteiger partial charge in [0, 0.05) is 24.3 Å². The van der Waals surface area contributed by atoms with Gasteiger partial charge in [-0.1, -0.05) is 12.1 Å². The Hall–Kier alpha value is -4.13. The average molecular weight is 539 g/mol. The van der Waals surface area contributed by atoms with Crippen LogP contribution in [0.25, 0.3) is 28.2 Å². The summed E-state index contributed by atoms with van der Waals surface area (Å²) in [7, 11) is 0. The zero-order valence-corrected chi connectivity index (χ0v) is 20.7. The number of imidazole rings is 1. The number of aromatic nitrogens is 7. The molecule has 1 amide bonds. The molecule has 194 valence electrons. The van der Waals surface area contributed by atoms with Crippen molar-refractivity contribution in [2.24, 2.45) is 0 Å². The van der Waals surface area contributed by atoms with Crippen LogP contribution in [0, 0.1) is 5.82 Å². The zero-order chi connectivity index (χ0) is 26.2. The van der Waals surface area contributed by atoms with Crippen molar-refractivity contribution in [3.63, 3.8) is 0 Å². The molecule has 0 saturated heterocycles. The van der Waals surface area contributed by atoms with Gasteiger partial charge in [-0.15, -0.1) is 16.1 Å². The second-order valence-electron chi connectivity index (χ2n) is 8.99. The highest BCUT2D eigenvalue weighted by Crippen LogP contribution is 2.37. The third-order valence-corrected chi connectivity index (χ3v) is 7.58. The van der Waals surface area contributed by atoms with Gasteiger partial charge in [-0.05, 0) is 37.8 Å². The second kappa shape index (κ2) is 9.97. The van der Waals surface area contributed by atoms with Crippen molar-refractivity contribution in [2.45, 2.75) is 44.2 Å².